The molecule has 1 heterocycles. The van der Waals surface area contributed by atoms with Gasteiger partial charge in [0, 0.05) is 31.3 Å². The van der Waals surface area contributed by atoms with E-state index in [1.165, 1.54) is 24.9 Å². The van der Waals surface area contributed by atoms with Crippen LogP contribution in [0.25, 0.3) is 0 Å². The van der Waals surface area contributed by atoms with Gasteiger partial charge in [-0.2, -0.15) is 0 Å². The second-order valence-electron chi connectivity index (χ2n) is 9.70. The minimum Gasteiger partial charge on any atom is -0.370 e. The normalized spacial score (nSPS) is 12.6. The number of Topliss-reactive ketones (excluding diaryl/α,β-unsaturated/α-hetero) is 1. The van der Waals surface area contributed by atoms with Crippen molar-refractivity contribution in [3.05, 3.63) is 18.2 Å². The van der Waals surface area contributed by atoms with E-state index in [9.17, 15) is 28.8 Å². The molecule has 0 saturated heterocycles. The number of carbonyl (C=O) groups excluding carboxylic acids is 6. The number of nitrogens with one attached hydrogen (secondary N) is 6. The van der Waals surface area contributed by atoms with Crippen LogP contribution in [0.4, 0.5) is 0 Å². The number of guanidine groups is 1. The molecular formula is C25H43N11O7. The predicted molar refractivity (Wildman–Crippen MR) is 154 cm³/mol. The fourth-order valence-corrected chi connectivity index (χ4v) is 3.86. The number of carbonyl (C=O) groups is 6. The van der Waals surface area contributed by atoms with E-state index in [0.29, 0.717) is 31.4 Å². The first kappa shape index (κ1) is 36.4. The van der Waals surface area contributed by atoms with Crippen molar-refractivity contribution in [2.24, 2.45) is 22.2 Å². The van der Waals surface area contributed by atoms with Gasteiger partial charge in [-0.25, -0.2) is 10.5 Å². The number of hydroxylamine groups is 1. The number of aliphatic imine (C=N–C) groups is 1. The lowest BCUT2D eigenvalue weighted by atomic mass is 10.0. The highest BCUT2D eigenvalue weighted by Crippen LogP contribution is 2.09. The van der Waals surface area contributed by atoms with E-state index in [-0.39, 0.29) is 50.5 Å². The zero-order chi connectivity index (χ0) is 32.2. The third kappa shape index (κ3) is 15.9. The number of hydrogen-bond acceptors (Lipinski definition) is 10. The van der Waals surface area contributed by atoms with Crippen molar-refractivity contribution in [1.82, 2.24) is 36.7 Å². The van der Waals surface area contributed by atoms with Crippen LogP contribution in [-0.4, -0.2) is 94.2 Å². The van der Waals surface area contributed by atoms with Crippen LogP contribution >= 0.6 is 0 Å². The molecule has 0 radical (unpaired) electrons. The van der Waals surface area contributed by atoms with Gasteiger partial charge in [-0.05, 0) is 32.6 Å². The Labute approximate surface area is 248 Å². The molecule has 1 aromatic rings. The number of aromatic amines is 1. The lowest BCUT2D eigenvalue weighted by Crippen LogP contribution is -2.56. The molecular weight excluding hydrogens is 566 g/mol. The average Bonchev–Trinajstić information content (AvgIpc) is 3.48. The van der Waals surface area contributed by atoms with Crippen LogP contribution < -0.4 is 43.9 Å². The van der Waals surface area contributed by atoms with Crippen LogP contribution in [0.3, 0.4) is 0 Å². The Balaban J connectivity index is 3.02. The number of unbranched alkanes of at least 4 members (excludes halogenated alkanes) is 2. The molecule has 43 heavy (non-hydrogen) atoms. The molecule has 0 aliphatic heterocycles. The number of hydrogen-bond donors (Lipinski definition) is 10. The number of imidazole rings is 1. The highest BCUT2D eigenvalue weighted by molar-refractivity contribution is 5.95. The molecule has 0 aromatic carbocycles. The number of aromatic nitrogens is 2. The van der Waals surface area contributed by atoms with E-state index in [0.717, 1.165) is 0 Å². The van der Waals surface area contributed by atoms with Gasteiger partial charge in [0.25, 0.3) is 0 Å². The number of ketones is 1. The standard InChI is InChI=1S/C25H43N11O7/c1-15(37)19(10-16-12-29-14-32-16)35-24(42)18(7-5-9-30-25(27)28)34-23(41)17(6-3-2-4-8-20(38)36-43)33-22(40)13-31-21(39)11-26/h12,14,17-19,43H,2-11,13,26H2,1H3,(H,29,32)(H,31,39)(H,33,40)(H,34,41)(H,35,42)(H,36,38)(H4,27,28,30)/t17-,18-,19-/m0/s1. The van der Waals surface area contributed by atoms with E-state index in [1.807, 2.05) is 0 Å². The van der Waals surface area contributed by atoms with Crippen molar-refractivity contribution in [3.63, 3.8) is 0 Å². The van der Waals surface area contributed by atoms with Gasteiger partial charge >= 0.3 is 0 Å². The van der Waals surface area contributed by atoms with Gasteiger partial charge < -0.3 is 43.5 Å². The maximum Gasteiger partial charge on any atom is 0.243 e. The fourth-order valence-electron chi connectivity index (χ4n) is 3.86. The largest absolute Gasteiger partial charge is 0.370 e. The van der Waals surface area contributed by atoms with Gasteiger partial charge in [-0.15, -0.1) is 0 Å². The van der Waals surface area contributed by atoms with E-state index in [2.05, 4.69) is 36.2 Å². The SMILES string of the molecule is CC(=O)[C@H](Cc1cnc[nH]1)NC(=O)[C@H](CCCN=C(N)N)NC(=O)[C@H](CCCCCC(=O)NO)NC(=O)CNC(=O)CN. The second kappa shape index (κ2) is 20.3. The van der Waals surface area contributed by atoms with E-state index >= 15 is 0 Å². The van der Waals surface area contributed by atoms with E-state index in [1.54, 1.807) is 0 Å². The molecule has 0 bridgehead atoms. The number of nitrogens with two attached hydrogens (primary N) is 3. The van der Waals surface area contributed by atoms with E-state index in [4.69, 9.17) is 22.4 Å². The van der Waals surface area contributed by atoms with Gasteiger partial charge in [0.05, 0.1) is 25.5 Å². The summed E-state index contributed by atoms with van der Waals surface area (Å²) in [5.74, 6) is -3.54. The Morgan fingerprint density at radius 3 is 2.14 bits per heavy atom. The summed E-state index contributed by atoms with van der Waals surface area (Å²) in [6, 6.07) is -3.12. The first-order valence-corrected chi connectivity index (χ1v) is 13.8. The summed E-state index contributed by atoms with van der Waals surface area (Å²) < 4.78 is 0. The van der Waals surface area contributed by atoms with Crippen LogP contribution in [-0.2, 0) is 35.2 Å². The lowest BCUT2D eigenvalue weighted by Gasteiger charge is -2.25. The predicted octanol–water partition coefficient (Wildman–Crippen LogP) is -3.42. The zero-order valence-electron chi connectivity index (χ0n) is 24.2. The van der Waals surface area contributed by atoms with Crippen molar-refractivity contribution in [1.29, 1.82) is 0 Å². The first-order valence-electron chi connectivity index (χ1n) is 13.8. The first-order chi connectivity index (χ1) is 20.5. The third-order valence-corrected chi connectivity index (χ3v) is 6.17. The molecule has 1 aromatic heterocycles. The van der Waals surface area contributed by atoms with Crippen LogP contribution in [0.2, 0.25) is 0 Å². The number of rotatable bonds is 21. The Hall–Kier alpha value is -4.58. The Bertz CT molecular complexity index is 1090. The smallest absolute Gasteiger partial charge is 0.243 e. The molecule has 13 N–H and O–H groups in total. The number of amides is 5. The van der Waals surface area contributed by atoms with Crippen LogP contribution in [0.5, 0.6) is 0 Å². The van der Waals surface area contributed by atoms with Gasteiger partial charge in [-0.3, -0.25) is 39.0 Å². The molecule has 0 saturated carbocycles. The molecule has 0 unspecified atom stereocenters. The third-order valence-electron chi connectivity index (χ3n) is 6.17. The van der Waals surface area contributed by atoms with Crippen molar-refractivity contribution in [3.8, 4) is 0 Å². The van der Waals surface area contributed by atoms with Crippen LogP contribution in [0, 0.1) is 0 Å². The minimum absolute atomic E-state index is 0.0682. The quantitative estimate of drug-likeness (QED) is 0.0215. The zero-order valence-corrected chi connectivity index (χ0v) is 24.2. The second-order valence-corrected chi connectivity index (χ2v) is 9.70. The van der Waals surface area contributed by atoms with Gasteiger partial charge in [0.15, 0.2) is 11.7 Å². The topological polar surface area (TPSA) is 302 Å². The minimum atomic E-state index is -1.12. The molecule has 0 spiro atoms. The highest BCUT2D eigenvalue weighted by Gasteiger charge is 2.29. The van der Waals surface area contributed by atoms with Gasteiger partial charge in [0.1, 0.15) is 12.1 Å². The molecule has 240 valence electrons. The summed E-state index contributed by atoms with van der Waals surface area (Å²) in [4.78, 5) is 84.8. The molecule has 0 aliphatic rings. The summed E-state index contributed by atoms with van der Waals surface area (Å²) in [5.41, 5.74) is 18.1. The molecule has 18 heteroatoms. The molecule has 3 atom stereocenters. The molecule has 0 fully saturated rings. The van der Waals surface area contributed by atoms with Crippen LogP contribution in [0.15, 0.2) is 17.5 Å². The molecule has 1 rings (SSSR count). The van der Waals surface area contributed by atoms with Crippen molar-refractivity contribution in [2.45, 2.75) is 76.4 Å². The Morgan fingerprint density at radius 1 is 0.907 bits per heavy atom. The summed E-state index contributed by atoms with van der Waals surface area (Å²) in [6.07, 6.45) is 5.05. The summed E-state index contributed by atoms with van der Waals surface area (Å²) in [6.45, 7) is 0.755. The Kier molecular flexibility index (Phi) is 17.2. The summed E-state index contributed by atoms with van der Waals surface area (Å²) >= 11 is 0. The van der Waals surface area contributed by atoms with E-state index < -0.39 is 54.2 Å². The maximum absolute atomic E-state index is 13.4. The molecule has 18 nitrogen and oxygen atoms in total. The molecule has 0 aliphatic carbocycles. The average molecular weight is 610 g/mol. The van der Waals surface area contributed by atoms with Crippen molar-refractivity contribution in [2.75, 3.05) is 19.6 Å². The van der Waals surface area contributed by atoms with Crippen molar-refractivity contribution < 1.29 is 34.0 Å². The maximum atomic E-state index is 13.4. The summed E-state index contributed by atoms with van der Waals surface area (Å²) in [5, 5.41) is 18.8. The summed E-state index contributed by atoms with van der Waals surface area (Å²) in [7, 11) is 0. The van der Waals surface area contributed by atoms with Gasteiger partial charge in [0.2, 0.25) is 29.5 Å². The van der Waals surface area contributed by atoms with Crippen LogP contribution in [0.1, 0.15) is 57.6 Å². The number of H-pyrrole nitrogens is 1. The molecule has 5 amide bonds. The lowest BCUT2D eigenvalue weighted by molar-refractivity contribution is -0.133. The number of nitrogens with zero attached hydrogens (tertiary/aromatic N) is 2. The monoisotopic (exact) mass is 609 g/mol. The fraction of sp³-hybridized carbons (Fsp3) is 0.600. The van der Waals surface area contributed by atoms with Crippen molar-refractivity contribution >= 4 is 41.3 Å². The van der Waals surface area contributed by atoms with Gasteiger partial charge in [-0.1, -0.05) is 12.8 Å². The Morgan fingerprint density at radius 2 is 1.56 bits per heavy atom. The highest BCUT2D eigenvalue weighted by atomic mass is 16.5.